The lowest BCUT2D eigenvalue weighted by Crippen LogP contribution is -2.85. The standard InChI is InChI=1S/C17H23N5O/c1-12(2)23-15-10-8-14(9-11-15)21-17(19)22-16(18)20-13-6-4-3-5-7-13/h3-8,10,12H,9,11H2,1-2H3,(H5,18,19,20,21,22)/p+1. The summed E-state index contributed by atoms with van der Waals surface area (Å²) in [6.45, 7) is 4.02. The number of allylic oxidation sites excluding steroid dienone is 4. The van der Waals surface area contributed by atoms with E-state index in [4.69, 9.17) is 16.2 Å². The van der Waals surface area contributed by atoms with Crippen LogP contribution in [0.25, 0.3) is 0 Å². The van der Waals surface area contributed by atoms with Crippen molar-refractivity contribution in [2.24, 2.45) is 21.5 Å². The van der Waals surface area contributed by atoms with E-state index in [0.717, 1.165) is 30.0 Å². The number of rotatable bonds is 4. The maximum atomic E-state index is 5.87. The number of aliphatic imine (C=N–C) groups is 2. The normalized spacial score (nSPS) is 16.1. The summed E-state index contributed by atoms with van der Waals surface area (Å²) in [4.78, 5) is 8.41. The van der Waals surface area contributed by atoms with Crippen LogP contribution >= 0.6 is 0 Å². The highest BCUT2D eigenvalue weighted by Gasteiger charge is 2.09. The molecule has 0 saturated carbocycles. The molecule has 0 fully saturated rings. The predicted molar refractivity (Wildman–Crippen MR) is 92.9 cm³/mol. The van der Waals surface area contributed by atoms with Crippen LogP contribution in [0.2, 0.25) is 0 Å². The van der Waals surface area contributed by atoms with Crippen LogP contribution in [0.1, 0.15) is 26.7 Å². The third kappa shape index (κ3) is 5.96. The molecule has 0 saturated heterocycles. The monoisotopic (exact) mass is 314 g/mol. The van der Waals surface area contributed by atoms with Gasteiger partial charge in [-0.15, -0.1) is 4.99 Å². The molecule has 1 aliphatic carbocycles. The van der Waals surface area contributed by atoms with Crippen LogP contribution in [-0.4, -0.2) is 18.0 Å². The molecule has 122 valence electrons. The van der Waals surface area contributed by atoms with Crippen molar-refractivity contribution in [3.8, 4) is 0 Å². The van der Waals surface area contributed by atoms with Crippen molar-refractivity contribution >= 4 is 17.6 Å². The van der Waals surface area contributed by atoms with E-state index < -0.39 is 0 Å². The molecule has 0 atom stereocenters. The maximum absolute atomic E-state index is 5.87. The Labute approximate surface area is 136 Å². The second-order valence-electron chi connectivity index (χ2n) is 5.52. The van der Waals surface area contributed by atoms with Gasteiger partial charge in [0.25, 0.3) is 0 Å². The zero-order valence-electron chi connectivity index (χ0n) is 13.6. The Morgan fingerprint density at radius 2 is 1.87 bits per heavy atom. The second-order valence-corrected chi connectivity index (χ2v) is 5.52. The second kappa shape index (κ2) is 8.14. The average molecular weight is 314 g/mol. The topological polar surface area (TPSA) is 103 Å². The van der Waals surface area contributed by atoms with Crippen LogP contribution < -0.4 is 16.8 Å². The molecule has 0 spiro atoms. The molecule has 0 heterocycles. The molecule has 0 radical (unpaired) electrons. The van der Waals surface area contributed by atoms with Gasteiger partial charge >= 0.3 is 5.96 Å². The summed E-state index contributed by atoms with van der Waals surface area (Å²) in [5.74, 6) is 1.45. The predicted octanol–water partition coefficient (Wildman–Crippen LogP) is 1.50. The number of guanidine groups is 2. The van der Waals surface area contributed by atoms with Crippen molar-refractivity contribution < 1.29 is 10.1 Å². The maximum Gasteiger partial charge on any atom is 0.304 e. The Balaban J connectivity index is 1.98. The Morgan fingerprint density at radius 3 is 2.48 bits per heavy atom. The summed E-state index contributed by atoms with van der Waals surface area (Å²) >= 11 is 0. The van der Waals surface area contributed by atoms with Gasteiger partial charge < -0.3 is 16.2 Å². The number of benzene rings is 1. The fourth-order valence-electron chi connectivity index (χ4n) is 2.16. The SMILES string of the molecule is CC(C)OC1=CC=C(N=C(N)N=C(N)[NH2+]c2ccccc2)CC1. The van der Waals surface area contributed by atoms with Crippen LogP contribution in [0, 0.1) is 0 Å². The molecular formula is C17H24N5O+. The van der Waals surface area contributed by atoms with Gasteiger partial charge in [-0.05, 0) is 44.6 Å². The number of hydrogen-bond acceptors (Lipinski definition) is 2. The highest BCUT2D eigenvalue weighted by molar-refractivity contribution is 5.90. The van der Waals surface area contributed by atoms with Crippen LogP contribution in [-0.2, 0) is 4.74 Å². The van der Waals surface area contributed by atoms with Gasteiger partial charge in [-0.25, -0.2) is 10.3 Å². The van der Waals surface area contributed by atoms with E-state index in [1.54, 1.807) is 5.32 Å². The lowest BCUT2D eigenvalue weighted by atomic mass is 10.1. The molecule has 23 heavy (non-hydrogen) atoms. The minimum Gasteiger partial charge on any atom is -0.495 e. The van der Waals surface area contributed by atoms with Gasteiger partial charge in [-0.1, -0.05) is 18.2 Å². The van der Waals surface area contributed by atoms with Crippen LogP contribution in [0.3, 0.4) is 0 Å². The molecule has 6 N–H and O–H groups in total. The zero-order chi connectivity index (χ0) is 16.7. The van der Waals surface area contributed by atoms with Gasteiger partial charge in [0.2, 0.25) is 5.96 Å². The van der Waals surface area contributed by atoms with Crippen molar-refractivity contribution in [3.63, 3.8) is 0 Å². The first-order valence-electron chi connectivity index (χ1n) is 7.67. The highest BCUT2D eigenvalue weighted by atomic mass is 16.5. The zero-order valence-corrected chi connectivity index (χ0v) is 13.6. The van der Waals surface area contributed by atoms with Crippen molar-refractivity contribution in [1.29, 1.82) is 0 Å². The van der Waals surface area contributed by atoms with Crippen LogP contribution in [0.4, 0.5) is 5.69 Å². The number of nitrogens with two attached hydrogens (primary N) is 3. The van der Waals surface area contributed by atoms with E-state index in [1.165, 1.54) is 0 Å². The van der Waals surface area contributed by atoms with Gasteiger partial charge in [-0.3, -0.25) is 0 Å². The van der Waals surface area contributed by atoms with Gasteiger partial charge in [0, 0.05) is 12.1 Å². The Morgan fingerprint density at radius 1 is 1.13 bits per heavy atom. The van der Waals surface area contributed by atoms with Crippen LogP contribution in [0.5, 0.6) is 0 Å². The molecule has 0 aromatic heterocycles. The van der Waals surface area contributed by atoms with E-state index in [9.17, 15) is 0 Å². The first-order valence-corrected chi connectivity index (χ1v) is 7.67. The number of quaternary nitrogens is 1. The van der Waals surface area contributed by atoms with Gasteiger partial charge in [0.05, 0.1) is 11.9 Å². The molecular weight excluding hydrogens is 290 g/mol. The third-order valence-electron chi connectivity index (χ3n) is 3.09. The first-order chi connectivity index (χ1) is 11.0. The fourth-order valence-corrected chi connectivity index (χ4v) is 2.16. The van der Waals surface area contributed by atoms with E-state index in [-0.39, 0.29) is 12.1 Å². The highest BCUT2D eigenvalue weighted by Crippen LogP contribution is 2.21. The number of para-hydroxylation sites is 1. The molecule has 0 aliphatic heterocycles. The summed E-state index contributed by atoms with van der Waals surface area (Å²) in [5, 5.41) is 1.76. The molecule has 0 bridgehead atoms. The summed E-state index contributed by atoms with van der Waals surface area (Å²) in [6.07, 6.45) is 5.61. The smallest absolute Gasteiger partial charge is 0.304 e. The van der Waals surface area contributed by atoms with E-state index in [1.807, 2.05) is 56.3 Å². The Kier molecular flexibility index (Phi) is 5.94. The lowest BCUT2D eigenvalue weighted by Gasteiger charge is -2.16. The Bertz CT molecular complexity index is 644. The molecule has 6 nitrogen and oxygen atoms in total. The quantitative estimate of drug-likeness (QED) is 0.446. The minimum atomic E-state index is 0.155. The van der Waals surface area contributed by atoms with Gasteiger partial charge in [0.1, 0.15) is 5.69 Å². The fraction of sp³-hybridized carbons (Fsp3) is 0.294. The molecule has 6 heteroatoms. The summed E-state index contributed by atoms with van der Waals surface area (Å²) in [6, 6.07) is 9.71. The van der Waals surface area contributed by atoms with Crippen molar-refractivity contribution in [1.82, 2.24) is 0 Å². The van der Waals surface area contributed by atoms with Crippen LogP contribution in [0.15, 0.2) is 63.9 Å². The van der Waals surface area contributed by atoms with Gasteiger partial charge in [0.15, 0.2) is 0 Å². The van der Waals surface area contributed by atoms with E-state index in [2.05, 4.69) is 9.98 Å². The average Bonchev–Trinajstić information content (AvgIpc) is 2.49. The molecule has 2 rings (SSSR count). The largest absolute Gasteiger partial charge is 0.495 e. The number of nitrogens with zero attached hydrogens (tertiary/aromatic N) is 2. The lowest BCUT2D eigenvalue weighted by molar-refractivity contribution is -0.445. The Hall–Kier alpha value is -2.60. The van der Waals surface area contributed by atoms with E-state index in [0.29, 0.717) is 5.96 Å². The van der Waals surface area contributed by atoms with Crippen molar-refractivity contribution in [2.75, 3.05) is 0 Å². The molecule has 1 aromatic carbocycles. The molecule has 1 aromatic rings. The van der Waals surface area contributed by atoms with E-state index >= 15 is 0 Å². The molecule has 1 aliphatic rings. The third-order valence-corrected chi connectivity index (χ3v) is 3.09. The number of ether oxygens (including phenoxy) is 1. The van der Waals surface area contributed by atoms with Crippen molar-refractivity contribution in [2.45, 2.75) is 32.8 Å². The van der Waals surface area contributed by atoms with Crippen molar-refractivity contribution in [3.05, 3.63) is 53.9 Å². The summed E-state index contributed by atoms with van der Waals surface area (Å²) < 4.78 is 5.66. The summed E-state index contributed by atoms with van der Waals surface area (Å²) in [7, 11) is 0. The number of hydrogen-bond donors (Lipinski definition) is 3. The molecule has 0 amide bonds. The molecule has 0 unspecified atom stereocenters. The first kappa shape index (κ1) is 16.8. The van der Waals surface area contributed by atoms with Gasteiger partial charge in [-0.2, -0.15) is 0 Å². The minimum absolute atomic E-state index is 0.155. The summed E-state index contributed by atoms with van der Waals surface area (Å²) in [5.41, 5.74) is 13.6.